The fraction of sp³-hybridized carbons (Fsp3) is 0.789. The van der Waals surface area contributed by atoms with Crippen molar-refractivity contribution in [1.82, 2.24) is 0 Å². The third-order valence-electron chi connectivity index (χ3n) is 7.28. The molecule has 0 aliphatic rings. The van der Waals surface area contributed by atoms with Crippen LogP contribution in [0.2, 0.25) is 0 Å². The fourth-order valence-electron chi connectivity index (χ4n) is 4.28. The van der Waals surface area contributed by atoms with Crippen LogP contribution in [0.5, 0.6) is 5.75 Å². The zero-order valence-electron chi connectivity index (χ0n) is 33.5. The van der Waals surface area contributed by atoms with Crippen LogP contribution >= 0.6 is 0 Å². The number of hydrogen-bond acceptors (Lipinski definition) is 15. The molecule has 0 bridgehead atoms. The molecule has 1 aromatic rings. The van der Waals surface area contributed by atoms with Crippen molar-refractivity contribution in [2.24, 2.45) is 0 Å². The summed E-state index contributed by atoms with van der Waals surface area (Å²) in [6, 6.07) is 0. The van der Waals surface area contributed by atoms with Gasteiger partial charge < -0.3 is 61.6 Å². The van der Waals surface area contributed by atoms with Crippen molar-refractivity contribution in [2.75, 3.05) is 152 Å². The number of halogens is 5. The maximum atomic E-state index is 13.6. The smallest absolute Gasteiger partial charge is 0.313 e. The van der Waals surface area contributed by atoms with Gasteiger partial charge in [0.25, 0.3) is 0 Å². The number of hydrogen-bond donors (Lipinski definition) is 0. The van der Waals surface area contributed by atoms with Gasteiger partial charge in [-0.25, -0.2) is 13.2 Å². The molecule has 0 spiro atoms. The molecule has 15 nitrogen and oxygen atoms in total. The van der Waals surface area contributed by atoms with E-state index in [4.69, 9.17) is 56.8 Å². The zero-order chi connectivity index (χ0) is 42.3. The predicted molar refractivity (Wildman–Crippen MR) is 195 cm³/mol. The van der Waals surface area contributed by atoms with E-state index < -0.39 is 47.2 Å². The molecule has 338 valence electrons. The number of benzene rings is 1. The van der Waals surface area contributed by atoms with Crippen molar-refractivity contribution in [3.8, 4) is 5.75 Å². The molecular formula is C38H61F5O15. The van der Waals surface area contributed by atoms with Crippen LogP contribution in [0.4, 0.5) is 22.0 Å². The third-order valence-corrected chi connectivity index (χ3v) is 7.28. The molecule has 0 aliphatic carbocycles. The van der Waals surface area contributed by atoms with E-state index in [1.165, 1.54) is 0 Å². The number of esters is 2. The Morgan fingerprint density at radius 3 is 0.966 bits per heavy atom. The molecule has 0 N–H and O–H groups in total. The Morgan fingerprint density at radius 1 is 0.345 bits per heavy atom. The molecule has 0 saturated carbocycles. The maximum absolute atomic E-state index is 13.6. The van der Waals surface area contributed by atoms with E-state index in [0.29, 0.717) is 125 Å². The lowest BCUT2D eigenvalue weighted by Crippen LogP contribution is -2.16. The standard InChI is InChI=1S/C38H61F5O15/c1-2-3-4-5-6-31(44)57-30-29-56-28-27-55-26-25-54-24-23-53-22-21-52-20-19-51-18-17-50-16-15-49-14-13-48-12-11-47-10-9-46-8-7-32(45)58-38-36(42)34(40)33(39)35(41)37(38)43/h2-30H2,1H3. The molecule has 0 amide bonds. The van der Waals surface area contributed by atoms with E-state index >= 15 is 0 Å². The first-order valence-electron chi connectivity index (χ1n) is 19.5. The van der Waals surface area contributed by atoms with Crippen molar-refractivity contribution in [3.63, 3.8) is 0 Å². The molecule has 1 rings (SSSR count). The Labute approximate surface area is 337 Å². The predicted octanol–water partition coefficient (Wildman–Crippen LogP) is 4.37. The first kappa shape index (κ1) is 53.4. The molecule has 0 saturated heterocycles. The molecule has 0 fully saturated rings. The highest BCUT2D eigenvalue weighted by Crippen LogP contribution is 2.29. The quantitative estimate of drug-likeness (QED) is 0.0228. The summed E-state index contributed by atoms with van der Waals surface area (Å²) in [6.45, 7) is 10.1. The van der Waals surface area contributed by atoms with Crippen LogP contribution in [0.15, 0.2) is 0 Å². The van der Waals surface area contributed by atoms with E-state index in [9.17, 15) is 31.5 Å². The van der Waals surface area contributed by atoms with Gasteiger partial charge in [0.05, 0.1) is 152 Å². The molecule has 0 aromatic heterocycles. The molecule has 0 radical (unpaired) electrons. The minimum absolute atomic E-state index is 0.0752. The minimum Gasteiger partial charge on any atom is -0.463 e. The van der Waals surface area contributed by atoms with Crippen LogP contribution in [-0.2, 0) is 66.4 Å². The summed E-state index contributed by atoms with van der Waals surface area (Å²) >= 11 is 0. The van der Waals surface area contributed by atoms with Crippen LogP contribution in [0.1, 0.15) is 45.4 Å². The summed E-state index contributed by atoms with van der Waals surface area (Å²) in [7, 11) is 0. The summed E-state index contributed by atoms with van der Waals surface area (Å²) in [5.74, 6) is -14.3. The Hall–Kier alpha value is -2.63. The molecule has 0 unspecified atom stereocenters. The number of carbonyl (C=O) groups is 2. The SMILES string of the molecule is CCCCCCC(=O)OCCOCCOCCOCCOCCOCCOCCOCCOCCOCCOCCOCCC(=O)Oc1c(F)c(F)c(F)c(F)c1F. The topological polar surface area (TPSA) is 154 Å². The number of unbranched alkanes of at least 4 members (excludes halogenated alkanes) is 3. The van der Waals surface area contributed by atoms with Gasteiger partial charge in [-0.3, -0.25) is 9.59 Å². The first-order chi connectivity index (χ1) is 28.3. The van der Waals surface area contributed by atoms with Crippen molar-refractivity contribution in [3.05, 3.63) is 29.1 Å². The van der Waals surface area contributed by atoms with Crippen LogP contribution in [0, 0.1) is 29.1 Å². The molecule has 20 heteroatoms. The molecule has 1 aromatic carbocycles. The molecular weight excluding hydrogens is 791 g/mol. The summed E-state index contributed by atoms with van der Waals surface area (Å²) in [5.41, 5.74) is 0. The van der Waals surface area contributed by atoms with Crippen LogP contribution in [-0.4, -0.2) is 164 Å². The largest absolute Gasteiger partial charge is 0.463 e. The van der Waals surface area contributed by atoms with E-state index in [1.54, 1.807) is 0 Å². The van der Waals surface area contributed by atoms with Crippen molar-refractivity contribution >= 4 is 11.9 Å². The Kier molecular flexibility index (Phi) is 35.5. The average Bonchev–Trinajstić information content (AvgIpc) is 3.22. The van der Waals surface area contributed by atoms with Crippen LogP contribution in [0.25, 0.3) is 0 Å². The van der Waals surface area contributed by atoms with Gasteiger partial charge in [-0.1, -0.05) is 26.2 Å². The van der Waals surface area contributed by atoms with Gasteiger partial charge in [0.15, 0.2) is 0 Å². The zero-order valence-corrected chi connectivity index (χ0v) is 33.5. The van der Waals surface area contributed by atoms with Gasteiger partial charge in [0, 0.05) is 6.42 Å². The summed E-state index contributed by atoms with van der Waals surface area (Å²) in [6.07, 6.45) is 4.17. The highest BCUT2D eigenvalue weighted by Gasteiger charge is 2.28. The van der Waals surface area contributed by atoms with Crippen molar-refractivity contribution in [2.45, 2.75) is 45.4 Å². The van der Waals surface area contributed by atoms with E-state index in [0.717, 1.165) is 25.7 Å². The maximum Gasteiger partial charge on any atom is 0.313 e. The summed E-state index contributed by atoms with van der Waals surface area (Å²) in [5, 5.41) is 0. The number of ether oxygens (including phenoxy) is 13. The Balaban J connectivity index is 1.71. The van der Waals surface area contributed by atoms with Crippen LogP contribution in [0.3, 0.4) is 0 Å². The summed E-state index contributed by atoms with van der Waals surface area (Å²) in [4.78, 5) is 23.2. The van der Waals surface area contributed by atoms with E-state index in [1.807, 2.05) is 0 Å². The lowest BCUT2D eigenvalue weighted by atomic mass is 10.2. The normalized spacial score (nSPS) is 11.4. The first-order valence-corrected chi connectivity index (χ1v) is 19.5. The number of carbonyl (C=O) groups excluding carboxylic acids is 2. The monoisotopic (exact) mass is 852 g/mol. The lowest BCUT2D eigenvalue weighted by molar-refractivity contribution is -0.145. The lowest BCUT2D eigenvalue weighted by Gasteiger charge is -2.09. The highest BCUT2D eigenvalue weighted by molar-refractivity contribution is 5.72. The van der Waals surface area contributed by atoms with Gasteiger partial charge in [-0.2, -0.15) is 8.78 Å². The van der Waals surface area contributed by atoms with E-state index in [-0.39, 0.29) is 39.0 Å². The molecule has 58 heavy (non-hydrogen) atoms. The molecule has 0 atom stereocenters. The molecule has 0 heterocycles. The second-order valence-electron chi connectivity index (χ2n) is 11.9. The van der Waals surface area contributed by atoms with Crippen LogP contribution < -0.4 is 4.74 Å². The Bertz CT molecular complexity index is 1140. The number of rotatable bonds is 42. The van der Waals surface area contributed by atoms with Gasteiger partial charge in [0.1, 0.15) is 6.61 Å². The second-order valence-corrected chi connectivity index (χ2v) is 11.9. The fourth-order valence-corrected chi connectivity index (χ4v) is 4.28. The van der Waals surface area contributed by atoms with Gasteiger partial charge in [-0.15, -0.1) is 0 Å². The molecule has 0 aliphatic heterocycles. The van der Waals surface area contributed by atoms with Gasteiger partial charge in [-0.05, 0) is 6.42 Å². The minimum atomic E-state index is -2.35. The van der Waals surface area contributed by atoms with Crippen molar-refractivity contribution < 1.29 is 93.1 Å². The van der Waals surface area contributed by atoms with Gasteiger partial charge >= 0.3 is 11.9 Å². The summed E-state index contributed by atoms with van der Waals surface area (Å²) < 4.78 is 135. The second kappa shape index (κ2) is 38.6. The average molecular weight is 853 g/mol. The van der Waals surface area contributed by atoms with Gasteiger partial charge in [0.2, 0.25) is 34.8 Å². The van der Waals surface area contributed by atoms with Crippen molar-refractivity contribution in [1.29, 1.82) is 0 Å². The van der Waals surface area contributed by atoms with E-state index in [2.05, 4.69) is 11.7 Å². The highest BCUT2D eigenvalue weighted by atomic mass is 19.2. The Morgan fingerprint density at radius 2 is 0.638 bits per heavy atom. The third kappa shape index (κ3) is 29.6.